The zero-order valence-electron chi connectivity index (χ0n) is 10.1. The van der Waals surface area contributed by atoms with Gasteiger partial charge in [0.1, 0.15) is 0 Å². The Bertz CT molecular complexity index is 238. The minimum atomic E-state index is 0.0665. The maximum Gasteiger partial charge on any atom is 0.246 e. The second-order valence-corrected chi connectivity index (χ2v) is 4.38. The van der Waals surface area contributed by atoms with E-state index in [0.717, 1.165) is 26.1 Å². The highest BCUT2D eigenvalue weighted by molar-refractivity contribution is 5.87. The van der Waals surface area contributed by atoms with Crippen LogP contribution in [-0.2, 0) is 4.79 Å². The van der Waals surface area contributed by atoms with E-state index >= 15 is 0 Å². The molecule has 1 rings (SSSR count). The number of carbonyl (C=O) groups is 1. The van der Waals surface area contributed by atoms with Crippen molar-refractivity contribution in [1.82, 2.24) is 9.80 Å². The monoisotopic (exact) mass is 210 g/mol. The Morgan fingerprint density at radius 3 is 2.67 bits per heavy atom. The molecule has 3 heteroatoms. The van der Waals surface area contributed by atoms with Crippen molar-refractivity contribution in [3.63, 3.8) is 0 Å². The molecular weight excluding hydrogens is 188 g/mol. The van der Waals surface area contributed by atoms with Crippen LogP contribution in [0.2, 0.25) is 0 Å². The molecule has 0 aromatic rings. The van der Waals surface area contributed by atoms with Gasteiger partial charge < -0.3 is 4.90 Å². The van der Waals surface area contributed by atoms with Crippen molar-refractivity contribution in [2.24, 2.45) is 0 Å². The van der Waals surface area contributed by atoms with E-state index in [0.29, 0.717) is 12.1 Å². The molecule has 1 aliphatic rings. The van der Waals surface area contributed by atoms with Crippen LogP contribution in [0.25, 0.3) is 0 Å². The van der Waals surface area contributed by atoms with Crippen molar-refractivity contribution in [3.05, 3.63) is 12.7 Å². The van der Waals surface area contributed by atoms with E-state index in [1.54, 1.807) is 0 Å². The predicted octanol–water partition coefficient (Wildman–Crippen LogP) is 1.50. The van der Waals surface area contributed by atoms with E-state index in [4.69, 9.17) is 0 Å². The zero-order valence-corrected chi connectivity index (χ0v) is 10.1. The predicted molar refractivity (Wildman–Crippen MR) is 62.7 cm³/mol. The summed E-state index contributed by atoms with van der Waals surface area (Å²) in [6.45, 7) is 12.8. The fourth-order valence-electron chi connectivity index (χ4n) is 2.24. The Labute approximate surface area is 92.7 Å². The molecule has 0 aromatic heterocycles. The van der Waals surface area contributed by atoms with Gasteiger partial charge in [-0.15, -0.1) is 0 Å². The highest BCUT2D eigenvalue weighted by Gasteiger charge is 2.28. The Hall–Kier alpha value is -0.830. The summed E-state index contributed by atoms with van der Waals surface area (Å²) in [7, 11) is 0. The van der Waals surface area contributed by atoms with Crippen molar-refractivity contribution >= 4 is 5.91 Å². The Morgan fingerprint density at radius 1 is 1.53 bits per heavy atom. The first-order valence-electron chi connectivity index (χ1n) is 5.77. The van der Waals surface area contributed by atoms with Gasteiger partial charge in [0, 0.05) is 31.7 Å². The number of carbonyl (C=O) groups excluding carboxylic acids is 1. The van der Waals surface area contributed by atoms with E-state index in [1.165, 1.54) is 6.08 Å². The smallest absolute Gasteiger partial charge is 0.246 e. The fraction of sp³-hybridized carbons (Fsp3) is 0.750. The minimum Gasteiger partial charge on any atom is -0.336 e. The van der Waals surface area contributed by atoms with E-state index < -0.39 is 0 Å². The number of hydrogen-bond acceptors (Lipinski definition) is 2. The van der Waals surface area contributed by atoms with Gasteiger partial charge in [-0.3, -0.25) is 9.69 Å². The maximum atomic E-state index is 11.5. The lowest BCUT2D eigenvalue weighted by Crippen LogP contribution is -2.56. The first-order chi connectivity index (χ1) is 7.10. The summed E-state index contributed by atoms with van der Waals surface area (Å²) in [6, 6.07) is 1.07. The molecule has 3 nitrogen and oxygen atoms in total. The summed E-state index contributed by atoms with van der Waals surface area (Å²) in [5.74, 6) is 0.0665. The molecule has 15 heavy (non-hydrogen) atoms. The average Bonchev–Trinajstić information content (AvgIpc) is 2.26. The lowest BCUT2D eigenvalue weighted by Gasteiger charge is -2.43. The molecule has 1 aliphatic heterocycles. The number of piperazine rings is 1. The largest absolute Gasteiger partial charge is 0.336 e. The van der Waals surface area contributed by atoms with Gasteiger partial charge in [0.25, 0.3) is 0 Å². The molecule has 0 aromatic carbocycles. The van der Waals surface area contributed by atoms with Crippen LogP contribution >= 0.6 is 0 Å². The molecule has 1 heterocycles. The van der Waals surface area contributed by atoms with E-state index in [2.05, 4.69) is 32.3 Å². The summed E-state index contributed by atoms with van der Waals surface area (Å²) < 4.78 is 0. The van der Waals surface area contributed by atoms with Crippen molar-refractivity contribution in [1.29, 1.82) is 0 Å². The lowest BCUT2D eigenvalue weighted by molar-refractivity contribution is -0.129. The summed E-state index contributed by atoms with van der Waals surface area (Å²) >= 11 is 0. The third-order valence-corrected chi connectivity index (χ3v) is 3.15. The van der Waals surface area contributed by atoms with Crippen LogP contribution in [-0.4, -0.2) is 47.4 Å². The lowest BCUT2D eigenvalue weighted by atomic mass is 10.1. The van der Waals surface area contributed by atoms with Gasteiger partial charge >= 0.3 is 0 Å². The molecule has 0 aliphatic carbocycles. The molecule has 1 atom stereocenters. The standard InChI is InChI=1S/C12H22N2O/c1-5-11-9-13(12(15)6-2)7-8-14(11)10(3)4/h6,10-11H,2,5,7-9H2,1,3-4H3/t11-/m0/s1. The molecule has 0 radical (unpaired) electrons. The van der Waals surface area contributed by atoms with Crippen LogP contribution in [0.1, 0.15) is 27.2 Å². The van der Waals surface area contributed by atoms with E-state index in [1.807, 2.05) is 4.90 Å². The fourth-order valence-corrected chi connectivity index (χ4v) is 2.24. The van der Waals surface area contributed by atoms with Gasteiger partial charge in [-0.1, -0.05) is 13.5 Å². The third kappa shape index (κ3) is 2.81. The second-order valence-electron chi connectivity index (χ2n) is 4.38. The van der Waals surface area contributed by atoms with Gasteiger partial charge in [0.2, 0.25) is 5.91 Å². The summed E-state index contributed by atoms with van der Waals surface area (Å²) in [5, 5.41) is 0. The first kappa shape index (κ1) is 12.2. The molecule has 0 unspecified atom stereocenters. The number of nitrogens with zero attached hydrogens (tertiary/aromatic N) is 2. The van der Waals surface area contributed by atoms with Crippen LogP contribution in [0.5, 0.6) is 0 Å². The van der Waals surface area contributed by atoms with Crippen LogP contribution in [0.4, 0.5) is 0 Å². The van der Waals surface area contributed by atoms with Gasteiger partial charge in [0.05, 0.1) is 0 Å². The quantitative estimate of drug-likeness (QED) is 0.659. The number of rotatable bonds is 3. The minimum absolute atomic E-state index is 0.0665. The Balaban J connectivity index is 2.62. The van der Waals surface area contributed by atoms with Crippen LogP contribution in [0, 0.1) is 0 Å². The summed E-state index contributed by atoms with van der Waals surface area (Å²) in [6.07, 6.45) is 2.51. The number of amides is 1. The van der Waals surface area contributed by atoms with Gasteiger partial charge in [0.15, 0.2) is 0 Å². The molecule has 0 spiro atoms. The van der Waals surface area contributed by atoms with Crippen LogP contribution in [0.15, 0.2) is 12.7 Å². The highest BCUT2D eigenvalue weighted by atomic mass is 16.2. The van der Waals surface area contributed by atoms with Crippen LogP contribution in [0.3, 0.4) is 0 Å². The Kier molecular flexibility index (Phi) is 4.33. The summed E-state index contributed by atoms with van der Waals surface area (Å²) in [4.78, 5) is 15.9. The molecule has 0 N–H and O–H groups in total. The molecule has 86 valence electrons. The third-order valence-electron chi connectivity index (χ3n) is 3.15. The van der Waals surface area contributed by atoms with Crippen molar-refractivity contribution < 1.29 is 4.79 Å². The van der Waals surface area contributed by atoms with E-state index in [-0.39, 0.29) is 5.91 Å². The van der Waals surface area contributed by atoms with Crippen molar-refractivity contribution in [2.45, 2.75) is 39.3 Å². The highest BCUT2D eigenvalue weighted by Crippen LogP contribution is 2.15. The normalized spacial score (nSPS) is 23.2. The molecular formula is C12H22N2O. The maximum absolute atomic E-state index is 11.5. The molecule has 1 fully saturated rings. The average molecular weight is 210 g/mol. The molecule has 1 amide bonds. The molecule has 1 saturated heterocycles. The van der Waals surface area contributed by atoms with Gasteiger partial charge in [-0.2, -0.15) is 0 Å². The van der Waals surface area contributed by atoms with E-state index in [9.17, 15) is 4.79 Å². The second kappa shape index (κ2) is 5.31. The number of hydrogen-bond donors (Lipinski definition) is 0. The Morgan fingerprint density at radius 2 is 2.20 bits per heavy atom. The van der Waals surface area contributed by atoms with Crippen molar-refractivity contribution in [3.8, 4) is 0 Å². The zero-order chi connectivity index (χ0) is 11.4. The topological polar surface area (TPSA) is 23.6 Å². The van der Waals surface area contributed by atoms with Crippen LogP contribution < -0.4 is 0 Å². The van der Waals surface area contributed by atoms with Gasteiger partial charge in [-0.05, 0) is 26.3 Å². The molecule has 0 bridgehead atoms. The summed E-state index contributed by atoms with van der Waals surface area (Å²) in [5.41, 5.74) is 0. The van der Waals surface area contributed by atoms with Crippen molar-refractivity contribution in [2.75, 3.05) is 19.6 Å². The SMILES string of the molecule is C=CC(=O)N1CCN(C(C)C)[C@@H](CC)C1. The molecule has 0 saturated carbocycles. The first-order valence-corrected chi connectivity index (χ1v) is 5.77. The van der Waals surface area contributed by atoms with Gasteiger partial charge in [-0.25, -0.2) is 0 Å².